The van der Waals surface area contributed by atoms with Crippen molar-refractivity contribution in [2.24, 2.45) is 5.92 Å². The molecule has 0 radical (unpaired) electrons. The molecule has 0 aliphatic carbocycles. The fourth-order valence-electron chi connectivity index (χ4n) is 4.44. The minimum atomic E-state index is -4.24. The average Bonchev–Trinajstić information content (AvgIpc) is 2.72. The number of anilines is 1. The van der Waals surface area contributed by atoms with E-state index in [1.54, 1.807) is 17.0 Å². The van der Waals surface area contributed by atoms with Crippen molar-refractivity contribution in [2.45, 2.75) is 37.9 Å². The van der Waals surface area contributed by atoms with Gasteiger partial charge in [-0.2, -0.15) is 18.4 Å². The average molecular weight is 389 g/mol. The lowest BCUT2D eigenvalue weighted by Gasteiger charge is -2.45. The Balaban J connectivity index is 1.71. The fraction of sp³-hybridized carbons (Fsp3) is 0.550. The second kappa shape index (κ2) is 7.55. The Bertz CT molecular complexity index is 886. The van der Waals surface area contributed by atoms with Crippen LogP contribution in [0.3, 0.4) is 0 Å². The summed E-state index contributed by atoms with van der Waals surface area (Å²) < 4.78 is 41.1. The summed E-state index contributed by atoms with van der Waals surface area (Å²) in [4.78, 5) is 12.6. The van der Waals surface area contributed by atoms with Gasteiger partial charge in [0.2, 0.25) is 0 Å². The molecule has 2 atom stereocenters. The van der Waals surface area contributed by atoms with Crippen LogP contribution in [0.5, 0.6) is 0 Å². The lowest BCUT2D eigenvalue weighted by atomic mass is 9.91. The zero-order valence-corrected chi connectivity index (χ0v) is 15.5. The first-order chi connectivity index (χ1) is 13.5. The van der Waals surface area contributed by atoms with E-state index in [9.17, 15) is 18.4 Å². The first kappa shape index (κ1) is 18.9. The summed E-state index contributed by atoms with van der Waals surface area (Å²) in [6, 6.07) is 5.28. The third-order valence-electron chi connectivity index (χ3n) is 5.86. The first-order valence-corrected chi connectivity index (χ1v) is 9.67. The lowest BCUT2D eigenvalue weighted by Crippen LogP contribution is -2.55. The molecule has 2 aliphatic rings. The van der Waals surface area contributed by atoms with E-state index >= 15 is 0 Å². The monoisotopic (exact) mass is 389 g/mol. The van der Waals surface area contributed by atoms with Gasteiger partial charge in [0, 0.05) is 31.5 Å². The van der Waals surface area contributed by atoms with E-state index in [4.69, 9.17) is 0 Å². The number of benzene rings is 1. The second-order valence-electron chi connectivity index (χ2n) is 7.63. The molecule has 5 nitrogen and oxygen atoms in total. The van der Waals surface area contributed by atoms with Gasteiger partial charge in [0.25, 0.3) is 0 Å². The van der Waals surface area contributed by atoms with Crippen LogP contribution < -0.4 is 4.90 Å². The van der Waals surface area contributed by atoms with Gasteiger partial charge in [-0.1, -0.05) is 6.42 Å². The van der Waals surface area contributed by atoms with Gasteiger partial charge >= 0.3 is 6.18 Å². The Morgan fingerprint density at radius 2 is 1.71 bits per heavy atom. The zero-order chi connectivity index (χ0) is 19.7. The van der Waals surface area contributed by atoms with E-state index in [1.807, 2.05) is 0 Å². The van der Waals surface area contributed by atoms with E-state index in [-0.39, 0.29) is 19.0 Å². The molecular weight excluding hydrogens is 367 g/mol. The Morgan fingerprint density at radius 3 is 2.39 bits per heavy atom. The number of rotatable bonds is 2. The molecule has 0 N–H and O–H groups in total. The van der Waals surface area contributed by atoms with Crippen LogP contribution in [0, 0.1) is 17.2 Å². The fourth-order valence-corrected chi connectivity index (χ4v) is 4.44. The smallest absolute Gasteiger partial charge is 0.368 e. The number of nitriles is 1. The topological polar surface area (TPSA) is 56.1 Å². The SMILES string of the molecule is N#Cc1ccc(N2C[C@@H](N3CCCCC3)C[C@@H](C(F)(F)F)C2)c2nccnc12. The molecule has 0 amide bonds. The van der Waals surface area contributed by atoms with Gasteiger partial charge < -0.3 is 4.90 Å². The molecule has 2 aliphatic heterocycles. The highest BCUT2D eigenvalue weighted by Crippen LogP contribution is 2.38. The Labute approximate surface area is 161 Å². The standard InChI is InChI=1S/C20H22F3N5/c21-20(22,23)15-10-16(27-8-2-1-3-9-27)13-28(12-15)17-5-4-14(11-24)18-19(17)26-7-6-25-18/h4-7,15-16H,1-3,8-10,12-13H2/t15-,16+/m1/s1. The van der Waals surface area contributed by atoms with Crippen LogP contribution in [0.15, 0.2) is 24.5 Å². The van der Waals surface area contributed by atoms with Crippen LogP contribution in [-0.2, 0) is 0 Å². The highest BCUT2D eigenvalue weighted by molar-refractivity contribution is 5.92. The number of fused-ring (bicyclic) bond motifs is 1. The minimum absolute atomic E-state index is 0.0919. The van der Waals surface area contributed by atoms with Crippen LogP contribution >= 0.6 is 0 Å². The van der Waals surface area contributed by atoms with Gasteiger partial charge in [-0.05, 0) is 44.5 Å². The maximum Gasteiger partial charge on any atom is 0.393 e. The molecule has 2 aromatic rings. The van der Waals surface area contributed by atoms with Crippen LogP contribution in [0.1, 0.15) is 31.2 Å². The molecule has 4 rings (SSSR count). The molecule has 1 aromatic heterocycles. The van der Waals surface area contributed by atoms with Gasteiger partial charge in [0.1, 0.15) is 17.1 Å². The highest BCUT2D eigenvalue weighted by Gasteiger charge is 2.46. The Morgan fingerprint density at radius 1 is 1.00 bits per heavy atom. The number of alkyl halides is 3. The summed E-state index contributed by atoms with van der Waals surface area (Å²) >= 11 is 0. The van der Waals surface area contributed by atoms with Gasteiger partial charge in [-0.25, -0.2) is 0 Å². The molecule has 28 heavy (non-hydrogen) atoms. The molecule has 0 bridgehead atoms. The summed E-state index contributed by atoms with van der Waals surface area (Å²) in [5, 5.41) is 9.31. The van der Waals surface area contributed by atoms with Crippen molar-refractivity contribution in [3.05, 3.63) is 30.1 Å². The number of halogens is 3. The third kappa shape index (κ3) is 3.63. The van der Waals surface area contributed by atoms with Crippen LogP contribution in [-0.4, -0.2) is 53.3 Å². The molecular formula is C20H22F3N5. The molecule has 0 saturated carbocycles. The maximum absolute atomic E-state index is 13.7. The van der Waals surface area contributed by atoms with Crippen molar-refractivity contribution in [1.82, 2.24) is 14.9 Å². The van der Waals surface area contributed by atoms with Crippen molar-refractivity contribution in [1.29, 1.82) is 5.26 Å². The molecule has 3 heterocycles. The van der Waals surface area contributed by atoms with Gasteiger partial charge in [0.05, 0.1) is 17.2 Å². The quantitative estimate of drug-likeness (QED) is 0.783. The van der Waals surface area contributed by atoms with Gasteiger partial charge in [-0.15, -0.1) is 0 Å². The summed E-state index contributed by atoms with van der Waals surface area (Å²) in [6.07, 6.45) is 2.14. The number of nitrogens with zero attached hydrogens (tertiary/aromatic N) is 5. The van der Waals surface area contributed by atoms with Crippen LogP contribution in [0.25, 0.3) is 11.0 Å². The highest BCUT2D eigenvalue weighted by atomic mass is 19.4. The second-order valence-corrected chi connectivity index (χ2v) is 7.63. The molecule has 2 fully saturated rings. The summed E-state index contributed by atoms with van der Waals surface area (Å²) in [5.74, 6) is -1.38. The lowest BCUT2D eigenvalue weighted by molar-refractivity contribution is -0.180. The number of hydrogen-bond donors (Lipinski definition) is 0. The van der Waals surface area contributed by atoms with Crippen molar-refractivity contribution in [2.75, 3.05) is 31.1 Å². The third-order valence-corrected chi connectivity index (χ3v) is 5.86. The molecule has 8 heteroatoms. The summed E-state index contributed by atoms with van der Waals surface area (Å²) in [7, 11) is 0. The van der Waals surface area contributed by atoms with E-state index < -0.39 is 12.1 Å². The molecule has 0 unspecified atom stereocenters. The minimum Gasteiger partial charge on any atom is -0.368 e. The number of hydrogen-bond acceptors (Lipinski definition) is 5. The van der Waals surface area contributed by atoms with Crippen molar-refractivity contribution in [3.8, 4) is 6.07 Å². The van der Waals surface area contributed by atoms with Crippen molar-refractivity contribution in [3.63, 3.8) is 0 Å². The normalized spacial score (nSPS) is 24.3. The molecule has 2 saturated heterocycles. The summed E-state index contributed by atoms with van der Waals surface area (Å²) in [6.45, 7) is 2.16. The van der Waals surface area contributed by atoms with Crippen molar-refractivity contribution >= 4 is 16.7 Å². The summed E-state index contributed by atoms with van der Waals surface area (Å²) in [5.41, 5.74) is 1.93. The van der Waals surface area contributed by atoms with Crippen LogP contribution in [0.2, 0.25) is 0 Å². The van der Waals surface area contributed by atoms with Crippen molar-refractivity contribution < 1.29 is 13.2 Å². The van der Waals surface area contributed by atoms with E-state index in [0.29, 0.717) is 28.8 Å². The zero-order valence-electron chi connectivity index (χ0n) is 15.5. The molecule has 1 aromatic carbocycles. The van der Waals surface area contributed by atoms with E-state index in [1.165, 1.54) is 12.4 Å². The van der Waals surface area contributed by atoms with Gasteiger partial charge in [0.15, 0.2) is 0 Å². The molecule has 148 valence electrons. The van der Waals surface area contributed by atoms with Gasteiger partial charge in [-0.3, -0.25) is 14.9 Å². The van der Waals surface area contributed by atoms with E-state index in [0.717, 1.165) is 32.4 Å². The number of likely N-dealkylation sites (tertiary alicyclic amines) is 1. The number of aromatic nitrogens is 2. The first-order valence-electron chi connectivity index (χ1n) is 9.67. The molecule has 0 spiro atoms. The largest absolute Gasteiger partial charge is 0.393 e. The Kier molecular flexibility index (Phi) is 5.11. The van der Waals surface area contributed by atoms with Crippen LogP contribution in [0.4, 0.5) is 18.9 Å². The predicted octanol–water partition coefficient (Wildman–Crippen LogP) is 3.74. The maximum atomic E-state index is 13.7. The Hall–Kier alpha value is -2.40. The predicted molar refractivity (Wildman–Crippen MR) is 99.8 cm³/mol. The number of piperidine rings is 2. The van der Waals surface area contributed by atoms with E-state index in [2.05, 4.69) is 20.9 Å².